The van der Waals surface area contributed by atoms with E-state index in [0.29, 0.717) is 5.75 Å². The molecule has 26 heavy (non-hydrogen) atoms. The Morgan fingerprint density at radius 3 is 1.85 bits per heavy atom. The van der Waals surface area contributed by atoms with Crippen molar-refractivity contribution in [3.05, 3.63) is 78.9 Å². The summed E-state index contributed by atoms with van der Waals surface area (Å²) < 4.78 is 5.51. The largest absolute Gasteiger partial charge is 0.491 e. The molecule has 0 aliphatic rings. The molecule has 0 spiro atoms. The second-order valence-corrected chi connectivity index (χ2v) is 5.88. The molecule has 4 aromatic rings. The number of hydrogen-bond acceptors (Lipinski definition) is 4. The molecule has 0 aliphatic carbocycles. The number of aliphatic hydroxyl groups is 1. The number of fused-ring (bicyclic) bond motifs is 1. The zero-order valence-electron chi connectivity index (χ0n) is 14.2. The molecule has 4 nitrogen and oxygen atoms in total. The molecule has 1 N–H and O–H groups in total. The predicted molar refractivity (Wildman–Crippen MR) is 103 cm³/mol. The Balaban J connectivity index is 1.91. The molecule has 0 fully saturated rings. The lowest BCUT2D eigenvalue weighted by atomic mass is 10.0. The molecule has 1 heterocycles. The summed E-state index contributed by atoms with van der Waals surface area (Å²) in [5, 5.41) is 8.94. The van der Waals surface area contributed by atoms with Crippen molar-refractivity contribution in [2.75, 3.05) is 13.2 Å². The average molecular weight is 342 g/mol. The summed E-state index contributed by atoms with van der Waals surface area (Å²) in [6, 6.07) is 25.7. The first-order valence-corrected chi connectivity index (χ1v) is 8.51. The lowest BCUT2D eigenvalue weighted by Crippen LogP contribution is -2.02. The summed E-state index contributed by atoms with van der Waals surface area (Å²) in [5.74, 6) is 0.673. The van der Waals surface area contributed by atoms with Gasteiger partial charge in [-0.3, -0.25) is 0 Å². The van der Waals surface area contributed by atoms with Crippen molar-refractivity contribution in [2.45, 2.75) is 0 Å². The van der Waals surface area contributed by atoms with Crippen molar-refractivity contribution in [1.29, 1.82) is 0 Å². The van der Waals surface area contributed by atoms with Crippen LogP contribution < -0.4 is 4.74 Å². The molecule has 0 amide bonds. The first-order chi connectivity index (χ1) is 12.8. The summed E-state index contributed by atoms with van der Waals surface area (Å²) in [6.07, 6.45) is 0. The SMILES string of the molecule is OCCOc1ccc2nc(-c3ccccc3)c(-c3ccccc3)nc2c1. The Morgan fingerprint density at radius 2 is 1.27 bits per heavy atom. The third kappa shape index (κ3) is 3.27. The van der Waals surface area contributed by atoms with E-state index in [4.69, 9.17) is 19.8 Å². The van der Waals surface area contributed by atoms with Gasteiger partial charge < -0.3 is 9.84 Å². The van der Waals surface area contributed by atoms with Crippen LogP contribution in [-0.2, 0) is 0 Å². The van der Waals surface area contributed by atoms with Crippen LogP contribution in [0.3, 0.4) is 0 Å². The number of hydrogen-bond donors (Lipinski definition) is 1. The number of nitrogens with zero attached hydrogens (tertiary/aromatic N) is 2. The molecule has 4 rings (SSSR count). The summed E-state index contributed by atoms with van der Waals surface area (Å²) >= 11 is 0. The van der Waals surface area contributed by atoms with Gasteiger partial charge in [-0.1, -0.05) is 60.7 Å². The van der Waals surface area contributed by atoms with E-state index in [2.05, 4.69) is 0 Å². The van der Waals surface area contributed by atoms with Crippen LogP contribution in [0.15, 0.2) is 78.9 Å². The van der Waals surface area contributed by atoms with Crippen LogP contribution in [0.4, 0.5) is 0 Å². The zero-order chi connectivity index (χ0) is 17.8. The van der Waals surface area contributed by atoms with E-state index in [1.54, 1.807) is 0 Å². The van der Waals surface area contributed by atoms with Crippen molar-refractivity contribution in [3.63, 3.8) is 0 Å². The van der Waals surface area contributed by atoms with Gasteiger partial charge >= 0.3 is 0 Å². The van der Waals surface area contributed by atoms with E-state index in [1.165, 1.54) is 0 Å². The highest BCUT2D eigenvalue weighted by Crippen LogP contribution is 2.31. The molecule has 1 aromatic heterocycles. The summed E-state index contributed by atoms with van der Waals surface area (Å²) in [4.78, 5) is 9.76. The molecule has 4 heteroatoms. The van der Waals surface area contributed by atoms with Gasteiger partial charge in [0.05, 0.1) is 29.0 Å². The number of rotatable bonds is 5. The molecular formula is C22H18N2O2. The number of aliphatic hydroxyl groups excluding tert-OH is 1. The van der Waals surface area contributed by atoms with E-state index < -0.39 is 0 Å². The molecule has 0 radical (unpaired) electrons. The van der Waals surface area contributed by atoms with Gasteiger partial charge in [-0.25, -0.2) is 9.97 Å². The molecule has 0 aliphatic heterocycles. The summed E-state index contributed by atoms with van der Waals surface area (Å²) in [5.41, 5.74) is 5.31. The lowest BCUT2D eigenvalue weighted by molar-refractivity contribution is 0.201. The van der Waals surface area contributed by atoms with Crippen molar-refractivity contribution in [3.8, 4) is 28.3 Å². The third-order valence-corrected chi connectivity index (χ3v) is 4.09. The van der Waals surface area contributed by atoms with Gasteiger partial charge in [-0.2, -0.15) is 0 Å². The minimum atomic E-state index is -0.0219. The quantitative estimate of drug-likeness (QED) is 0.586. The topological polar surface area (TPSA) is 55.2 Å². The van der Waals surface area contributed by atoms with Crippen LogP contribution in [0, 0.1) is 0 Å². The Bertz CT molecular complexity index is 1020. The van der Waals surface area contributed by atoms with Crippen LogP contribution in [0.25, 0.3) is 33.5 Å². The van der Waals surface area contributed by atoms with E-state index in [1.807, 2.05) is 78.9 Å². The van der Waals surface area contributed by atoms with Crippen LogP contribution in [0.5, 0.6) is 5.75 Å². The molecule has 0 saturated carbocycles. The smallest absolute Gasteiger partial charge is 0.121 e. The highest BCUT2D eigenvalue weighted by atomic mass is 16.5. The van der Waals surface area contributed by atoms with Gasteiger partial charge in [0.2, 0.25) is 0 Å². The Hall–Kier alpha value is -3.24. The van der Waals surface area contributed by atoms with E-state index in [-0.39, 0.29) is 13.2 Å². The van der Waals surface area contributed by atoms with Gasteiger partial charge in [0, 0.05) is 17.2 Å². The van der Waals surface area contributed by atoms with Gasteiger partial charge in [0.15, 0.2) is 0 Å². The van der Waals surface area contributed by atoms with Crippen LogP contribution in [-0.4, -0.2) is 28.3 Å². The van der Waals surface area contributed by atoms with Crippen LogP contribution >= 0.6 is 0 Å². The minimum Gasteiger partial charge on any atom is -0.491 e. The monoisotopic (exact) mass is 342 g/mol. The van der Waals surface area contributed by atoms with Crippen LogP contribution in [0.2, 0.25) is 0 Å². The second-order valence-electron chi connectivity index (χ2n) is 5.88. The fourth-order valence-electron chi connectivity index (χ4n) is 2.88. The maximum atomic E-state index is 8.94. The predicted octanol–water partition coefficient (Wildman–Crippen LogP) is 4.33. The van der Waals surface area contributed by atoms with E-state index >= 15 is 0 Å². The second kappa shape index (κ2) is 7.33. The maximum Gasteiger partial charge on any atom is 0.121 e. The summed E-state index contributed by atoms with van der Waals surface area (Å²) in [6.45, 7) is 0.235. The molecule has 128 valence electrons. The molecule has 3 aromatic carbocycles. The zero-order valence-corrected chi connectivity index (χ0v) is 14.2. The number of ether oxygens (including phenoxy) is 1. The molecule has 0 unspecified atom stereocenters. The maximum absolute atomic E-state index is 8.94. The van der Waals surface area contributed by atoms with E-state index in [9.17, 15) is 0 Å². The molecule has 0 bridgehead atoms. The third-order valence-electron chi connectivity index (χ3n) is 4.09. The van der Waals surface area contributed by atoms with Gasteiger partial charge in [-0.15, -0.1) is 0 Å². The molecule has 0 saturated heterocycles. The van der Waals surface area contributed by atoms with Gasteiger partial charge in [-0.05, 0) is 12.1 Å². The Kier molecular flexibility index (Phi) is 4.58. The number of aromatic nitrogens is 2. The number of benzene rings is 3. The van der Waals surface area contributed by atoms with Crippen molar-refractivity contribution in [2.24, 2.45) is 0 Å². The molecular weight excluding hydrogens is 324 g/mol. The average Bonchev–Trinajstić information content (AvgIpc) is 2.72. The van der Waals surface area contributed by atoms with Crippen molar-refractivity contribution in [1.82, 2.24) is 9.97 Å². The lowest BCUT2D eigenvalue weighted by Gasteiger charge is -2.11. The highest BCUT2D eigenvalue weighted by molar-refractivity contribution is 5.86. The van der Waals surface area contributed by atoms with Crippen LogP contribution in [0.1, 0.15) is 0 Å². The van der Waals surface area contributed by atoms with Crippen molar-refractivity contribution < 1.29 is 9.84 Å². The summed E-state index contributed by atoms with van der Waals surface area (Å²) in [7, 11) is 0. The Morgan fingerprint density at radius 1 is 0.692 bits per heavy atom. The first kappa shape index (κ1) is 16.2. The fourth-order valence-corrected chi connectivity index (χ4v) is 2.88. The minimum absolute atomic E-state index is 0.0219. The van der Waals surface area contributed by atoms with E-state index in [0.717, 1.165) is 33.5 Å². The van der Waals surface area contributed by atoms with Gasteiger partial charge in [0.1, 0.15) is 12.4 Å². The van der Waals surface area contributed by atoms with Crippen molar-refractivity contribution >= 4 is 11.0 Å². The Labute approximate surface area is 151 Å². The highest BCUT2D eigenvalue weighted by Gasteiger charge is 2.13. The van der Waals surface area contributed by atoms with Gasteiger partial charge in [0.25, 0.3) is 0 Å². The fraction of sp³-hybridized carbons (Fsp3) is 0.0909. The molecule has 0 atom stereocenters. The standard InChI is InChI=1S/C22H18N2O2/c25-13-14-26-18-11-12-19-20(15-18)24-22(17-9-5-2-6-10-17)21(23-19)16-7-3-1-4-8-16/h1-12,15,25H,13-14H2. The first-order valence-electron chi connectivity index (χ1n) is 8.51. The normalized spacial score (nSPS) is 10.8.